The molecule has 0 fully saturated rings. The number of hydrogen-bond donors (Lipinski definition) is 0. The molecule has 19 heavy (non-hydrogen) atoms. The van der Waals surface area contributed by atoms with E-state index in [1.165, 1.54) is 0 Å². The SMILES string of the molecule is CCCCCCO[S@](=O)O[C@@H](C)[C@H](Cl)C(=O)OCC. The van der Waals surface area contributed by atoms with Crippen LogP contribution >= 0.6 is 11.6 Å². The molecule has 0 aromatic rings. The highest BCUT2D eigenvalue weighted by molar-refractivity contribution is 7.75. The second-order valence-electron chi connectivity index (χ2n) is 4.04. The van der Waals surface area contributed by atoms with Crippen LogP contribution in [0.5, 0.6) is 0 Å². The normalized spacial score (nSPS) is 15.8. The van der Waals surface area contributed by atoms with Crippen LogP contribution < -0.4 is 0 Å². The summed E-state index contributed by atoms with van der Waals surface area (Å²) >= 11 is 3.93. The Bertz CT molecular complexity index is 275. The van der Waals surface area contributed by atoms with E-state index in [1.54, 1.807) is 13.8 Å². The van der Waals surface area contributed by atoms with Gasteiger partial charge in [-0.25, -0.2) is 0 Å². The number of unbranched alkanes of at least 4 members (excludes halogenated alkanes) is 3. The second kappa shape index (κ2) is 11.6. The number of alkyl halides is 1. The van der Waals surface area contributed by atoms with Gasteiger partial charge in [-0.3, -0.25) is 13.2 Å². The van der Waals surface area contributed by atoms with Crippen molar-refractivity contribution in [2.45, 2.75) is 57.9 Å². The van der Waals surface area contributed by atoms with E-state index < -0.39 is 28.8 Å². The number of rotatable bonds is 11. The molecule has 0 aliphatic carbocycles. The first-order valence-corrected chi connectivity index (χ1v) is 7.99. The molecule has 0 saturated heterocycles. The third-order valence-corrected chi connectivity index (χ3v) is 3.68. The lowest BCUT2D eigenvalue weighted by atomic mass is 10.2. The van der Waals surface area contributed by atoms with Crippen molar-refractivity contribution in [3.8, 4) is 0 Å². The fourth-order valence-electron chi connectivity index (χ4n) is 1.27. The van der Waals surface area contributed by atoms with E-state index in [2.05, 4.69) is 6.92 Å². The van der Waals surface area contributed by atoms with Crippen LogP contribution in [0.2, 0.25) is 0 Å². The predicted molar refractivity (Wildman–Crippen MR) is 75.1 cm³/mol. The standard InChI is InChI=1S/C12H23ClO5S/c1-4-6-7-8-9-17-19(15)18-10(3)11(13)12(14)16-5-2/h10-11H,4-9H2,1-3H3/t10-,11-,19-/m0/s1. The summed E-state index contributed by atoms with van der Waals surface area (Å²) < 4.78 is 26.2. The van der Waals surface area contributed by atoms with Crippen molar-refractivity contribution in [3.63, 3.8) is 0 Å². The van der Waals surface area contributed by atoms with Crippen molar-refractivity contribution in [3.05, 3.63) is 0 Å². The molecule has 7 heteroatoms. The third kappa shape index (κ3) is 9.38. The number of esters is 1. The fraction of sp³-hybridized carbons (Fsp3) is 0.917. The predicted octanol–water partition coefficient (Wildman–Crippen LogP) is 2.74. The van der Waals surface area contributed by atoms with Crippen LogP contribution in [0.15, 0.2) is 0 Å². The number of carbonyl (C=O) groups excluding carboxylic acids is 1. The molecule has 0 radical (unpaired) electrons. The highest BCUT2D eigenvalue weighted by atomic mass is 35.5. The first kappa shape index (κ1) is 18.8. The van der Waals surface area contributed by atoms with Crippen molar-refractivity contribution >= 4 is 28.9 Å². The van der Waals surface area contributed by atoms with E-state index in [-0.39, 0.29) is 6.61 Å². The quantitative estimate of drug-likeness (QED) is 0.333. The largest absolute Gasteiger partial charge is 0.465 e. The van der Waals surface area contributed by atoms with E-state index in [1.807, 2.05) is 0 Å². The maximum Gasteiger partial charge on any atom is 0.326 e. The third-order valence-electron chi connectivity index (χ3n) is 2.33. The van der Waals surface area contributed by atoms with Crippen LogP contribution in [0, 0.1) is 0 Å². The minimum atomic E-state index is -1.89. The molecule has 0 aliphatic rings. The van der Waals surface area contributed by atoms with Gasteiger partial charge in [0.05, 0.1) is 13.2 Å². The van der Waals surface area contributed by atoms with Crippen molar-refractivity contribution in [1.29, 1.82) is 0 Å². The molecule has 0 aromatic heterocycles. The summed E-state index contributed by atoms with van der Waals surface area (Å²) in [4.78, 5) is 11.3. The van der Waals surface area contributed by atoms with Crippen molar-refractivity contribution in [1.82, 2.24) is 0 Å². The Morgan fingerprint density at radius 2 is 1.95 bits per heavy atom. The molecule has 0 aromatic carbocycles. The number of hydrogen-bond acceptors (Lipinski definition) is 5. The Morgan fingerprint density at radius 1 is 1.26 bits per heavy atom. The Kier molecular flexibility index (Phi) is 11.5. The van der Waals surface area contributed by atoms with Gasteiger partial charge in [0, 0.05) is 0 Å². The molecule has 0 aliphatic heterocycles. The van der Waals surface area contributed by atoms with Crippen LogP contribution in [-0.2, 0) is 29.3 Å². The Labute approximate surface area is 122 Å². The minimum Gasteiger partial charge on any atom is -0.465 e. The average Bonchev–Trinajstić information content (AvgIpc) is 2.37. The van der Waals surface area contributed by atoms with Crippen LogP contribution in [0.3, 0.4) is 0 Å². The molecule has 5 nitrogen and oxygen atoms in total. The van der Waals surface area contributed by atoms with Crippen molar-refractivity contribution < 1.29 is 22.1 Å². The molecular formula is C12H23ClO5S. The van der Waals surface area contributed by atoms with E-state index in [0.29, 0.717) is 6.61 Å². The van der Waals surface area contributed by atoms with Crippen LogP contribution in [0.25, 0.3) is 0 Å². The lowest BCUT2D eigenvalue weighted by Crippen LogP contribution is -2.31. The zero-order valence-electron chi connectivity index (χ0n) is 11.7. The van der Waals surface area contributed by atoms with Gasteiger partial charge in [-0.2, -0.15) is 4.21 Å². The summed E-state index contributed by atoms with van der Waals surface area (Å²) in [6.07, 6.45) is 3.38. The van der Waals surface area contributed by atoms with Crippen LogP contribution in [0.4, 0.5) is 0 Å². The van der Waals surface area contributed by atoms with Gasteiger partial charge in [0.15, 0.2) is 5.38 Å². The van der Waals surface area contributed by atoms with Crippen molar-refractivity contribution in [2.75, 3.05) is 13.2 Å². The summed E-state index contributed by atoms with van der Waals surface area (Å²) in [7, 11) is 0. The topological polar surface area (TPSA) is 61.8 Å². The summed E-state index contributed by atoms with van der Waals surface area (Å²) in [5, 5.41) is -0.993. The van der Waals surface area contributed by atoms with Gasteiger partial charge in [0.2, 0.25) is 0 Å². The maximum atomic E-state index is 11.4. The van der Waals surface area contributed by atoms with E-state index in [0.717, 1.165) is 25.7 Å². The molecule has 3 atom stereocenters. The number of ether oxygens (including phenoxy) is 1. The first-order valence-electron chi connectivity index (χ1n) is 6.55. The van der Waals surface area contributed by atoms with Gasteiger partial charge in [-0.05, 0) is 20.3 Å². The van der Waals surface area contributed by atoms with Gasteiger partial charge >= 0.3 is 17.3 Å². The summed E-state index contributed by atoms with van der Waals surface area (Å²) in [5.41, 5.74) is 0. The van der Waals surface area contributed by atoms with Crippen LogP contribution in [0.1, 0.15) is 46.5 Å². The average molecular weight is 315 g/mol. The Balaban J connectivity index is 3.82. The molecule has 0 N–H and O–H groups in total. The summed E-state index contributed by atoms with van der Waals surface area (Å²) in [5.74, 6) is -0.586. The van der Waals surface area contributed by atoms with Crippen molar-refractivity contribution in [2.24, 2.45) is 0 Å². The number of carbonyl (C=O) groups is 1. The second-order valence-corrected chi connectivity index (χ2v) is 5.35. The fourth-order valence-corrected chi connectivity index (χ4v) is 2.11. The lowest BCUT2D eigenvalue weighted by molar-refractivity contribution is -0.144. The van der Waals surface area contributed by atoms with Gasteiger partial charge in [-0.1, -0.05) is 26.2 Å². The van der Waals surface area contributed by atoms with Gasteiger partial charge in [0.1, 0.15) is 6.10 Å². The highest BCUT2D eigenvalue weighted by Crippen LogP contribution is 2.11. The molecule has 0 amide bonds. The van der Waals surface area contributed by atoms with Crippen LogP contribution in [-0.4, -0.2) is 34.9 Å². The molecule has 0 bridgehead atoms. The minimum absolute atomic E-state index is 0.242. The zero-order chi connectivity index (χ0) is 14.7. The molecule has 0 unspecified atom stereocenters. The molecule has 0 heterocycles. The summed E-state index contributed by atoms with van der Waals surface area (Å²) in [6, 6.07) is 0. The lowest BCUT2D eigenvalue weighted by Gasteiger charge is -2.15. The number of halogens is 1. The first-order chi connectivity index (χ1) is 9.02. The van der Waals surface area contributed by atoms with E-state index >= 15 is 0 Å². The monoisotopic (exact) mass is 314 g/mol. The molecular weight excluding hydrogens is 292 g/mol. The smallest absolute Gasteiger partial charge is 0.326 e. The molecule has 0 rings (SSSR count). The van der Waals surface area contributed by atoms with Gasteiger partial charge in [-0.15, -0.1) is 11.6 Å². The van der Waals surface area contributed by atoms with Gasteiger partial charge in [0.25, 0.3) is 0 Å². The van der Waals surface area contributed by atoms with E-state index in [4.69, 9.17) is 24.7 Å². The maximum absolute atomic E-state index is 11.4. The highest BCUT2D eigenvalue weighted by Gasteiger charge is 2.26. The zero-order valence-corrected chi connectivity index (χ0v) is 13.3. The summed E-state index contributed by atoms with van der Waals surface area (Å²) in [6.45, 7) is 5.95. The molecule has 114 valence electrons. The Hall–Kier alpha value is -0.170. The van der Waals surface area contributed by atoms with E-state index in [9.17, 15) is 9.00 Å². The molecule has 0 saturated carbocycles. The van der Waals surface area contributed by atoms with Gasteiger partial charge < -0.3 is 4.74 Å². The Morgan fingerprint density at radius 3 is 2.53 bits per heavy atom. The molecule has 0 spiro atoms.